The standard InChI is InChI=1S/C19H23ClN4/c1-2-10-23-11-9-18-15(13-23)17(12-21-14-7-8-14)22-24(18)19-6-4-3-5-16(19)20/h2-6,14,21H,1,7-13H2. The van der Waals surface area contributed by atoms with Crippen LogP contribution in [0, 0.1) is 0 Å². The van der Waals surface area contributed by atoms with Crippen molar-refractivity contribution in [3.05, 3.63) is 58.9 Å². The maximum absolute atomic E-state index is 6.43. The summed E-state index contributed by atoms with van der Waals surface area (Å²) in [6.45, 7) is 7.61. The average Bonchev–Trinajstić information content (AvgIpc) is 3.35. The Labute approximate surface area is 148 Å². The van der Waals surface area contributed by atoms with Gasteiger partial charge in [0.1, 0.15) is 0 Å². The molecule has 0 bridgehead atoms. The average molecular weight is 343 g/mol. The van der Waals surface area contributed by atoms with E-state index >= 15 is 0 Å². The molecule has 4 rings (SSSR count). The first-order valence-electron chi connectivity index (χ1n) is 8.67. The van der Waals surface area contributed by atoms with Gasteiger partial charge in [-0.15, -0.1) is 6.58 Å². The van der Waals surface area contributed by atoms with Crippen LogP contribution >= 0.6 is 11.6 Å². The molecule has 1 aromatic heterocycles. The van der Waals surface area contributed by atoms with E-state index in [1.807, 2.05) is 30.3 Å². The molecule has 1 saturated carbocycles. The largest absolute Gasteiger partial charge is 0.308 e. The van der Waals surface area contributed by atoms with Crippen molar-refractivity contribution in [2.45, 2.75) is 38.4 Å². The molecule has 1 fully saturated rings. The summed E-state index contributed by atoms with van der Waals surface area (Å²) in [4.78, 5) is 2.43. The number of hydrogen-bond acceptors (Lipinski definition) is 3. The molecule has 4 nitrogen and oxygen atoms in total. The second kappa shape index (κ2) is 6.71. The first kappa shape index (κ1) is 15.9. The Hall–Kier alpha value is -1.62. The molecule has 5 heteroatoms. The van der Waals surface area contributed by atoms with E-state index in [2.05, 4.69) is 21.5 Å². The molecular formula is C19H23ClN4. The number of aromatic nitrogens is 2. The van der Waals surface area contributed by atoms with E-state index < -0.39 is 0 Å². The predicted molar refractivity (Wildman–Crippen MR) is 97.6 cm³/mol. The third-order valence-corrected chi connectivity index (χ3v) is 5.14. The summed E-state index contributed by atoms with van der Waals surface area (Å²) in [5.74, 6) is 0. The van der Waals surface area contributed by atoms with Gasteiger partial charge in [0, 0.05) is 44.2 Å². The number of benzene rings is 1. The van der Waals surface area contributed by atoms with Crippen molar-refractivity contribution in [1.82, 2.24) is 20.0 Å². The van der Waals surface area contributed by atoms with Crippen molar-refractivity contribution in [3.63, 3.8) is 0 Å². The van der Waals surface area contributed by atoms with E-state index in [9.17, 15) is 0 Å². The van der Waals surface area contributed by atoms with Crippen LogP contribution in [0.3, 0.4) is 0 Å². The Morgan fingerprint density at radius 2 is 2.17 bits per heavy atom. The van der Waals surface area contributed by atoms with Gasteiger partial charge in [-0.2, -0.15) is 5.10 Å². The second-order valence-electron chi connectivity index (χ2n) is 6.66. The number of hydrogen-bond donors (Lipinski definition) is 1. The molecule has 0 atom stereocenters. The van der Waals surface area contributed by atoms with E-state index in [0.717, 1.165) is 49.0 Å². The summed E-state index contributed by atoms with van der Waals surface area (Å²) in [5, 5.41) is 9.28. The highest BCUT2D eigenvalue weighted by molar-refractivity contribution is 6.32. The van der Waals surface area contributed by atoms with Gasteiger partial charge in [-0.3, -0.25) is 4.90 Å². The van der Waals surface area contributed by atoms with Gasteiger partial charge in [-0.25, -0.2) is 4.68 Å². The lowest BCUT2D eigenvalue weighted by Crippen LogP contribution is -2.31. The minimum atomic E-state index is 0.680. The number of rotatable bonds is 6. The Kier molecular flexibility index (Phi) is 4.44. The Bertz CT molecular complexity index is 748. The molecule has 2 heterocycles. The molecule has 0 spiro atoms. The van der Waals surface area contributed by atoms with Crippen LogP contribution < -0.4 is 5.32 Å². The van der Waals surface area contributed by atoms with Gasteiger partial charge in [0.05, 0.1) is 22.1 Å². The van der Waals surface area contributed by atoms with Crippen molar-refractivity contribution in [2.75, 3.05) is 13.1 Å². The van der Waals surface area contributed by atoms with Crippen molar-refractivity contribution in [1.29, 1.82) is 0 Å². The molecule has 24 heavy (non-hydrogen) atoms. The van der Waals surface area contributed by atoms with E-state index in [1.54, 1.807) is 0 Å². The van der Waals surface area contributed by atoms with E-state index in [-0.39, 0.29) is 0 Å². The van der Waals surface area contributed by atoms with Gasteiger partial charge in [0.2, 0.25) is 0 Å². The summed E-state index contributed by atoms with van der Waals surface area (Å²) in [6.07, 6.45) is 5.54. The van der Waals surface area contributed by atoms with Crippen LogP contribution in [0.15, 0.2) is 36.9 Å². The van der Waals surface area contributed by atoms with Gasteiger partial charge >= 0.3 is 0 Å². The third-order valence-electron chi connectivity index (χ3n) is 4.82. The Balaban J connectivity index is 1.70. The first-order chi connectivity index (χ1) is 11.8. The Morgan fingerprint density at radius 1 is 1.33 bits per heavy atom. The molecular weight excluding hydrogens is 320 g/mol. The van der Waals surface area contributed by atoms with Crippen LogP contribution in [-0.2, 0) is 19.5 Å². The molecule has 0 amide bonds. The molecule has 0 unspecified atom stereocenters. The third kappa shape index (κ3) is 3.14. The number of halogens is 1. The highest BCUT2D eigenvalue weighted by atomic mass is 35.5. The van der Waals surface area contributed by atoms with Crippen LogP contribution in [0.1, 0.15) is 29.8 Å². The highest BCUT2D eigenvalue weighted by Gasteiger charge is 2.27. The van der Waals surface area contributed by atoms with E-state index in [4.69, 9.17) is 16.7 Å². The van der Waals surface area contributed by atoms with Gasteiger partial charge in [0.25, 0.3) is 0 Å². The molecule has 1 N–H and O–H groups in total. The van der Waals surface area contributed by atoms with Crippen molar-refractivity contribution < 1.29 is 0 Å². The zero-order chi connectivity index (χ0) is 16.5. The smallest absolute Gasteiger partial charge is 0.0835 e. The van der Waals surface area contributed by atoms with E-state index in [1.165, 1.54) is 24.1 Å². The van der Waals surface area contributed by atoms with Crippen LogP contribution in [-0.4, -0.2) is 33.8 Å². The lowest BCUT2D eigenvalue weighted by atomic mass is 10.0. The first-order valence-corrected chi connectivity index (χ1v) is 9.05. The molecule has 0 saturated heterocycles. The highest BCUT2D eigenvalue weighted by Crippen LogP contribution is 2.29. The summed E-state index contributed by atoms with van der Waals surface area (Å²) in [5.41, 5.74) is 4.79. The second-order valence-corrected chi connectivity index (χ2v) is 7.07. The number of nitrogens with one attached hydrogen (secondary N) is 1. The summed E-state index contributed by atoms with van der Waals surface area (Å²) >= 11 is 6.43. The lowest BCUT2D eigenvalue weighted by molar-refractivity contribution is 0.278. The monoisotopic (exact) mass is 342 g/mol. The summed E-state index contributed by atoms with van der Waals surface area (Å²) in [7, 11) is 0. The van der Waals surface area contributed by atoms with Crippen molar-refractivity contribution in [3.8, 4) is 5.69 Å². The summed E-state index contributed by atoms with van der Waals surface area (Å²) in [6, 6.07) is 8.64. The molecule has 1 aliphatic carbocycles. The van der Waals surface area contributed by atoms with Crippen LogP contribution in [0.4, 0.5) is 0 Å². The quantitative estimate of drug-likeness (QED) is 0.817. The van der Waals surface area contributed by atoms with Gasteiger partial charge in [-0.1, -0.05) is 29.8 Å². The zero-order valence-electron chi connectivity index (χ0n) is 13.8. The fraction of sp³-hybridized carbons (Fsp3) is 0.421. The molecule has 2 aliphatic rings. The van der Waals surface area contributed by atoms with Gasteiger partial charge in [0.15, 0.2) is 0 Å². The van der Waals surface area contributed by atoms with Crippen LogP contribution in [0.2, 0.25) is 5.02 Å². The predicted octanol–water partition coefficient (Wildman–Crippen LogP) is 3.32. The zero-order valence-corrected chi connectivity index (χ0v) is 14.6. The minimum absolute atomic E-state index is 0.680. The van der Waals surface area contributed by atoms with Gasteiger partial charge < -0.3 is 5.32 Å². The number of fused-ring (bicyclic) bond motifs is 1. The molecule has 1 aromatic carbocycles. The molecule has 126 valence electrons. The number of para-hydroxylation sites is 1. The topological polar surface area (TPSA) is 33.1 Å². The molecule has 1 aliphatic heterocycles. The SMILES string of the molecule is C=CCN1CCc2c(c(CNC3CC3)nn2-c2ccccc2Cl)C1. The van der Waals surface area contributed by atoms with E-state index in [0.29, 0.717) is 6.04 Å². The van der Waals surface area contributed by atoms with Crippen LogP contribution in [0.25, 0.3) is 5.69 Å². The Morgan fingerprint density at radius 3 is 2.92 bits per heavy atom. The fourth-order valence-electron chi connectivity index (χ4n) is 3.37. The van der Waals surface area contributed by atoms with Gasteiger partial charge in [-0.05, 0) is 25.0 Å². The van der Waals surface area contributed by atoms with Crippen molar-refractivity contribution in [2.24, 2.45) is 0 Å². The maximum Gasteiger partial charge on any atom is 0.0835 e. The molecule has 2 aromatic rings. The van der Waals surface area contributed by atoms with Crippen LogP contribution in [0.5, 0.6) is 0 Å². The number of nitrogens with zero attached hydrogens (tertiary/aromatic N) is 3. The minimum Gasteiger partial charge on any atom is -0.308 e. The molecule has 0 radical (unpaired) electrons. The normalized spacial score (nSPS) is 17.7. The fourth-order valence-corrected chi connectivity index (χ4v) is 3.59. The maximum atomic E-state index is 6.43. The lowest BCUT2D eigenvalue weighted by Gasteiger charge is -2.26. The summed E-state index contributed by atoms with van der Waals surface area (Å²) < 4.78 is 2.06. The van der Waals surface area contributed by atoms with Crippen molar-refractivity contribution >= 4 is 11.6 Å².